The first-order valence-electron chi connectivity index (χ1n) is 10.1. The predicted octanol–water partition coefficient (Wildman–Crippen LogP) is 6.97. The summed E-state index contributed by atoms with van der Waals surface area (Å²) in [6, 6.07) is 37.3. The molecule has 5 aromatic carbocycles. The molecule has 30 heavy (non-hydrogen) atoms. The Labute approximate surface area is 176 Å². The summed E-state index contributed by atoms with van der Waals surface area (Å²) in [7, 11) is 0. The van der Waals surface area contributed by atoms with Crippen LogP contribution in [0.4, 0.5) is 0 Å². The number of hydrogen-bond acceptors (Lipinski definition) is 1. The van der Waals surface area contributed by atoms with Crippen molar-refractivity contribution in [3.05, 3.63) is 126 Å². The quantitative estimate of drug-likeness (QED) is 0.241. The standard InChI is InChI=1S/C29H20O/c1-3-8-22(9-4-1)14-15-23-16-17-25-20-28-26(19-27(25)18-23)12-7-13-29(28)30-21-24-10-5-2-6-11-24/h1-13,16-20H,21H2. The number of benzene rings is 5. The lowest BCUT2D eigenvalue weighted by atomic mass is 10.0. The van der Waals surface area contributed by atoms with E-state index in [4.69, 9.17) is 4.74 Å². The molecule has 1 heteroatoms. The molecule has 0 heterocycles. The van der Waals surface area contributed by atoms with Gasteiger partial charge in [0.25, 0.3) is 0 Å². The van der Waals surface area contributed by atoms with E-state index in [0.29, 0.717) is 6.61 Å². The molecular formula is C29H20O. The molecular weight excluding hydrogens is 364 g/mol. The van der Waals surface area contributed by atoms with Crippen molar-refractivity contribution in [2.75, 3.05) is 0 Å². The number of fused-ring (bicyclic) bond motifs is 2. The fraction of sp³-hybridized carbons (Fsp3) is 0.0345. The smallest absolute Gasteiger partial charge is 0.127 e. The van der Waals surface area contributed by atoms with Crippen LogP contribution in [0.5, 0.6) is 5.75 Å². The molecule has 0 bridgehead atoms. The zero-order valence-electron chi connectivity index (χ0n) is 16.5. The van der Waals surface area contributed by atoms with E-state index in [0.717, 1.165) is 27.8 Å². The summed E-state index contributed by atoms with van der Waals surface area (Å²) in [4.78, 5) is 0. The van der Waals surface area contributed by atoms with E-state index in [9.17, 15) is 0 Å². The average Bonchev–Trinajstić information content (AvgIpc) is 2.81. The maximum atomic E-state index is 6.14. The number of hydrogen-bond donors (Lipinski definition) is 0. The van der Waals surface area contributed by atoms with Crippen LogP contribution in [-0.2, 0) is 6.61 Å². The van der Waals surface area contributed by atoms with Crippen molar-refractivity contribution in [1.82, 2.24) is 0 Å². The van der Waals surface area contributed by atoms with Crippen LogP contribution in [0.25, 0.3) is 21.5 Å². The highest BCUT2D eigenvalue weighted by atomic mass is 16.5. The molecule has 1 nitrogen and oxygen atoms in total. The molecule has 0 aliphatic rings. The Hall–Kier alpha value is -4.02. The van der Waals surface area contributed by atoms with Crippen molar-refractivity contribution in [3.8, 4) is 17.6 Å². The molecule has 0 aliphatic heterocycles. The Balaban J connectivity index is 1.48. The van der Waals surface area contributed by atoms with E-state index in [2.05, 4.69) is 60.4 Å². The second-order valence-electron chi connectivity index (χ2n) is 7.28. The first kappa shape index (κ1) is 18.0. The number of ether oxygens (including phenoxy) is 1. The minimum atomic E-state index is 0.562. The van der Waals surface area contributed by atoms with Crippen LogP contribution in [0, 0.1) is 11.8 Å². The van der Waals surface area contributed by atoms with Gasteiger partial charge in [-0.25, -0.2) is 0 Å². The van der Waals surface area contributed by atoms with Gasteiger partial charge in [-0.2, -0.15) is 0 Å². The first-order valence-corrected chi connectivity index (χ1v) is 10.1. The van der Waals surface area contributed by atoms with E-state index < -0.39 is 0 Å². The maximum absolute atomic E-state index is 6.14. The highest BCUT2D eigenvalue weighted by Gasteiger charge is 2.05. The molecule has 0 amide bonds. The zero-order valence-corrected chi connectivity index (χ0v) is 16.5. The molecule has 0 aliphatic carbocycles. The van der Waals surface area contributed by atoms with Gasteiger partial charge < -0.3 is 4.74 Å². The summed E-state index contributed by atoms with van der Waals surface area (Å²) < 4.78 is 6.14. The molecule has 0 unspecified atom stereocenters. The summed E-state index contributed by atoms with van der Waals surface area (Å²) in [5.74, 6) is 7.42. The third kappa shape index (κ3) is 3.90. The molecule has 0 spiro atoms. The van der Waals surface area contributed by atoms with E-state index in [-0.39, 0.29) is 0 Å². The van der Waals surface area contributed by atoms with E-state index in [1.165, 1.54) is 16.2 Å². The predicted molar refractivity (Wildman–Crippen MR) is 125 cm³/mol. The summed E-state index contributed by atoms with van der Waals surface area (Å²) >= 11 is 0. The van der Waals surface area contributed by atoms with Crippen molar-refractivity contribution in [3.63, 3.8) is 0 Å². The minimum absolute atomic E-state index is 0.562. The highest BCUT2D eigenvalue weighted by Crippen LogP contribution is 2.31. The lowest BCUT2D eigenvalue weighted by Crippen LogP contribution is -1.95. The third-order valence-electron chi connectivity index (χ3n) is 5.16. The molecule has 0 fully saturated rings. The second-order valence-corrected chi connectivity index (χ2v) is 7.28. The summed E-state index contributed by atoms with van der Waals surface area (Å²) in [5.41, 5.74) is 3.20. The van der Waals surface area contributed by atoms with Gasteiger partial charge in [0.1, 0.15) is 12.4 Å². The minimum Gasteiger partial charge on any atom is -0.488 e. The molecule has 0 atom stereocenters. The normalized spacial score (nSPS) is 10.5. The van der Waals surface area contributed by atoms with Crippen molar-refractivity contribution < 1.29 is 4.74 Å². The number of rotatable bonds is 3. The van der Waals surface area contributed by atoms with Crippen LogP contribution in [0.1, 0.15) is 16.7 Å². The van der Waals surface area contributed by atoms with Crippen LogP contribution in [0.15, 0.2) is 109 Å². The van der Waals surface area contributed by atoms with E-state index in [1.807, 2.05) is 60.7 Å². The Morgan fingerprint density at radius 1 is 0.533 bits per heavy atom. The molecule has 0 saturated carbocycles. The van der Waals surface area contributed by atoms with Gasteiger partial charge >= 0.3 is 0 Å². The third-order valence-corrected chi connectivity index (χ3v) is 5.16. The average molecular weight is 384 g/mol. The summed E-state index contributed by atoms with van der Waals surface area (Å²) in [6.45, 7) is 0.562. The Morgan fingerprint density at radius 3 is 2.13 bits per heavy atom. The molecule has 5 rings (SSSR count). The molecule has 0 radical (unpaired) electrons. The first-order chi connectivity index (χ1) is 14.8. The largest absolute Gasteiger partial charge is 0.488 e. The molecule has 5 aromatic rings. The van der Waals surface area contributed by atoms with Gasteiger partial charge in [-0.05, 0) is 64.2 Å². The monoisotopic (exact) mass is 384 g/mol. The van der Waals surface area contributed by atoms with Crippen LogP contribution in [-0.4, -0.2) is 0 Å². The summed E-state index contributed by atoms with van der Waals surface area (Å²) in [5, 5.41) is 4.66. The highest BCUT2D eigenvalue weighted by molar-refractivity contribution is 6.01. The molecule has 0 aromatic heterocycles. The van der Waals surface area contributed by atoms with Gasteiger partial charge in [-0.1, -0.05) is 78.6 Å². The Bertz CT molecular complexity index is 1370. The van der Waals surface area contributed by atoms with Crippen LogP contribution in [0.3, 0.4) is 0 Å². The van der Waals surface area contributed by atoms with Gasteiger partial charge in [0, 0.05) is 16.5 Å². The van der Waals surface area contributed by atoms with Crippen molar-refractivity contribution >= 4 is 21.5 Å². The fourth-order valence-corrected chi connectivity index (χ4v) is 3.60. The maximum Gasteiger partial charge on any atom is 0.127 e. The van der Waals surface area contributed by atoms with Gasteiger partial charge in [0.05, 0.1) is 0 Å². The van der Waals surface area contributed by atoms with E-state index >= 15 is 0 Å². The van der Waals surface area contributed by atoms with Crippen LogP contribution in [0.2, 0.25) is 0 Å². The van der Waals surface area contributed by atoms with Crippen molar-refractivity contribution in [2.45, 2.75) is 6.61 Å². The van der Waals surface area contributed by atoms with Crippen molar-refractivity contribution in [1.29, 1.82) is 0 Å². The molecule has 142 valence electrons. The topological polar surface area (TPSA) is 9.23 Å². The van der Waals surface area contributed by atoms with E-state index in [1.54, 1.807) is 0 Å². The van der Waals surface area contributed by atoms with Gasteiger partial charge in [0.15, 0.2) is 0 Å². The zero-order chi connectivity index (χ0) is 20.2. The SMILES string of the molecule is C(#Cc1ccc2cc3c(OCc4ccccc4)cccc3cc2c1)c1ccccc1. The van der Waals surface area contributed by atoms with Gasteiger partial charge in [-0.15, -0.1) is 0 Å². The summed E-state index contributed by atoms with van der Waals surface area (Å²) in [6.07, 6.45) is 0. The van der Waals surface area contributed by atoms with Gasteiger partial charge in [-0.3, -0.25) is 0 Å². The Kier molecular flexibility index (Phi) is 4.90. The second kappa shape index (κ2) is 8.15. The lowest BCUT2D eigenvalue weighted by molar-refractivity contribution is 0.310. The molecule has 0 N–H and O–H groups in total. The van der Waals surface area contributed by atoms with Crippen LogP contribution >= 0.6 is 0 Å². The molecule has 0 saturated heterocycles. The fourth-order valence-electron chi connectivity index (χ4n) is 3.60. The lowest BCUT2D eigenvalue weighted by Gasteiger charge is -2.11. The Morgan fingerprint density at radius 2 is 1.30 bits per heavy atom. The van der Waals surface area contributed by atoms with Crippen molar-refractivity contribution in [2.24, 2.45) is 0 Å². The van der Waals surface area contributed by atoms with Gasteiger partial charge in [0.2, 0.25) is 0 Å². The van der Waals surface area contributed by atoms with Crippen LogP contribution < -0.4 is 4.74 Å².